The molecule has 1 aromatic carbocycles. The van der Waals surface area contributed by atoms with E-state index >= 15 is 0 Å². The molecule has 2 rings (SSSR count). The van der Waals surface area contributed by atoms with Gasteiger partial charge in [0.2, 0.25) is 0 Å². The Morgan fingerprint density at radius 3 is 1.94 bits per heavy atom. The predicted octanol–water partition coefficient (Wildman–Crippen LogP) is 2.28. The number of nitrogens with zero attached hydrogens (tertiary/aromatic N) is 1. The minimum atomic E-state index is -1.72. The summed E-state index contributed by atoms with van der Waals surface area (Å²) in [6.07, 6.45) is 0.983. The van der Waals surface area contributed by atoms with E-state index < -0.39 is 6.29 Å². The van der Waals surface area contributed by atoms with Gasteiger partial charge in [-0.15, -0.1) is 0 Å². The molecule has 0 atom stereocenters. The second-order valence-corrected chi connectivity index (χ2v) is 4.49. The highest BCUT2D eigenvalue weighted by molar-refractivity contribution is 6.36. The van der Waals surface area contributed by atoms with Gasteiger partial charge < -0.3 is 15.4 Å². The van der Waals surface area contributed by atoms with Gasteiger partial charge in [-0.1, -0.05) is 23.2 Å². The highest BCUT2D eigenvalue weighted by Gasteiger charge is 2.15. The summed E-state index contributed by atoms with van der Waals surface area (Å²) in [5, 5.41) is 29.5. The van der Waals surface area contributed by atoms with Gasteiger partial charge in [-0.2, -0.15) is 4.73 Å². The van der Waals surface area contributed by atoms with Crippen LogP contribution in [0, 0.1) is 5.21 Å². The molecule has 0 aliphatic heterocycles. The van der Waals surface area contributed by atoms with Gasteiger partial charge in [0.05, 0.1) is 10.0 Å². The van der Waals surface area contributed by atoms with Crippen molar-refractivity contribution >= 4 is 23.2 Å². The van der Waals surface area contributed by atoms with Crippen molar-refractivity contribution in [2.45, 2.75) is 6.29 Å². The van der Waals surface area contributed by atoms with Crippen LogP contribution in [-0.4, -0.2) is 10.2 Å². The quantitative estimate of drug-likeness (QED) is 0.505. The molecule has 0 amide bonds. The number of aliphatic hydroxyl groups excluding tert-OH is 1. The van der Waals surface area contributed by atoms with Crippen molar-refractivity contribution in [1.82, 2.24) is 0 Å². The number of halogens is 2. The largest absolute Gasteiger partial charge is 0.619 e. The number of benzene rings is 1. The molecule has 94 valence electrons. The van der Waals surface area contributed by atoms with E-state index in [1.54, 1.807) is 24.3 Å². The Morgan fingerprint density at radius 2 is 1.50 bits per heavy atom. The topological polar surface area (TPSA) is 67.4 Å². The first-order valence-corrected chi connectivity index (χ1v) is 5.79. The van der Waals surface area contributed by atoms with E-state index in [9.17, 15) is 5.21 Å². The summed E-state index contributed by atoms with van der Waals surface area (Å²) in [4.78, 5) is 0. The maximum Gasteiger partial charge on any atom is 0.181 e. The second-order valence-electron chi connectivity index (χ2n) is 3.67. The van der Waals surface area contributed by atoms with Crippen LogP contribution in [0.15, 0.2) is 36.7 Å². The van der Waals surface area contributed by atoms with E-state index in [1.807, 2.05) is 0 Å². The van der Waals surface area contributed by atoms with Crippen LogP contribution in [0.25, 0.3) is 11.1 Å². The Hall–Kier alpha value is -1.33. The van der Waals surface area contributed by atoms with Crippen LogP contribution >= 0.6 is 23.2 Å². The molecule has 2 aromatic rings. The van der Waals surface area contributed by atoms with Gasteiger partial charge in [-0.3, -0.25) is 0 Å². The average Bonchev–Trinajstić information content (AvgIpc) is 2.28. The van der Waals surface area contributed by atoms with Gasteiger partial charge in [0, 0.05) is 17.7 Å². The normalized spacial score (nSPS) is 10.9. The fourth-order valence-electron chi connectivity index (χ4n) is 1.60. The van der Waals surface area contributed by atoms with E-state index in [1.165, 1.54) is 12.4 Å². The average molecular weight is 286 g/mol. The SMILES string of the molecule is [O-][n+]1ccc(-c2cc(Cl)c(C(O)O)c(Cl)c2)cc1. The Labute approximate surface area is 113 Å². The second kappa shape index (κ2) is 5.12. The molecule has 1 aromatic heterocycles. The summed E-state index contributed by atoms with van der Waals surface area (Å²) in [6, 6.07) is 6.35. The summed E-state index contributed by atoms with van der Waals surface area (Å²) in [5.74, 6) is 0. The molecular weight excluding hydrogens is 277 g/mol. The Balaban J connectivity index is 2.51. The third-order valence-electron chi connectivity index (χ3n) is 2.47. The van der Waals surface area contributed by atoms with Gasteiger partial charge >= 0.3 is 0 Å². The molecule has 4 nitrogen and oxygen atoms in total. The van der Waals surface area contributed by atoms with Crippen molar-refractivity contribution < 1.29 is 14.9 Å². The lowest BCUT2D eigenvalue weighted by Gasteiger charge is -2.11. The molecule has 6 heteroatoms. The zero-order chi connectivity index (χ0) is 13.3. The minimum Gasteiger partial charge on any atom is -0.619 e. The third kappa shape index (κ3) is 2.57. The van der Waals surface area contributed by atoms with E-state index in [4.69, 9.17) is 33.4 Å². The van der Waals surface area contributed by atoms with Crippen molar-refractivity contribution in [3.63, 3.8) is 0 Å². The molecule has 0 radical (unpaired) electrons. The summed E-state index contributed by atoms with van der Waals surface area (Å²) < 4.78 is 0.665. The zero-order valence-electron chi connectivity index (χ0n) is 9.05. The molecule has 0 bridgehead atoms. The molecule has 0 saturated heterocycles. The van der Waals surface area contributed by atoms with Gasteiger partial charge in [0.1, 0.15) is 0 Å². The highest BCUT2D eigenvalue weighted by Crippen LogP contribution is 2.34. The lowest BCUT2D eigenvalue weighted by Crippen LogP contribution is -2.23. The molecule has 0 spiro atoms. The maximum atomic E-state index is 10.9. The van der Waals surface area contributed by atoms with Crippen molar-refractivity contribution in [2.24, 2.45) is 0 Å². The van der Waals surface area contributed by atoms with E-state index in [-0.39, 0.29) is 15.6 Å². The van der Waals surface area contributed by atoms with E-state index in [2.05, 4.69) is 0 Å². The van der Waals surface area contributed by atoms with Gasteiger partial charge in [-0.05, 0) is 23.3 Å². The number of hydrogen-bond acceptors (Lipinski definition) is 3. The van der Waals surface area contributed by atoms with Crippen LogP contribution in [0.4, 0.5) is 0 Å². The van der Waals surface area contributed by atoms with Crippen LogP contribution in [0.1, 0.15) is 11.9 Å². The van der Waals surface area contributed by atoms with Crippen molar-refractivity contribution in [3.05, 3.63) is 57.5 Å². The summed E-state index contributed by atoms with van der Waals surface area (Å²) in [5.41, 5.74) is 1.51. The van der Waals surface area contributed by atoms with Crippen molar-refractivity contribution in [2.75, 3.05) is 0 Å². The van der Waals surface area contributed by atoms with Crippen LogP contribution in [-0.2, 0) is 0 Å². The first-order valence-electron chi connectivity index (χ1n) is 5.03. The molecule has 18 heavy (non-hydrogen) atoms. The fourth-order valence-corrected chi connectivity index (χ4v) is 2.29. The Bertz CT molecular complexity index is 547. The maximum absolute atomic E-state index is 10.9. The fraction of sp³-hybridized carbons (Fsp3) is 0.0833. The molecule has 0 aliphatic carbocycles. The monoisotopic (exact) mass is 285 g/mol. The molecule has 0 unspecified atom stereocenters. The molecule has 0 fully saturated rings. The first-order chi connectivity index (χ1) is 8.49. The molecule has 0 aliphatic rings. The smallest absolute Gasteiger partial charge is 0.181 e. The van der Waals surface area contributed by atoms with Crippen LogP contribution in [0.2, 0.25) is 10.0 Å². The number of hydrogen-bond donors (Lipinski definition) is 2. The van der Waals surface area contributed by atoms with Gasteiger partial charge in [0.25, 0.3) is 0 Å². The van der Waals surface area contributed by atoms with Crippen LogP contribution in [0.3, 0.4) is 0 Å². The number of aliphatic hydroxyl groups is 2. The predicted molar refractivity (Wildman–Crippen MR) is 68.0 cm³/mol. The van der Waals surface area contributed by atoms with E-state index in [0.29, 0.717) is 10.3 Å². The van der Waals surface area contributed by atoms with Gasteiger partial charge in [-0.25, -0.2) is 0 Å². The molecule has 2 N–H and O–H groups in total. The van der Waals surface area contributed by atoms with Crippen LogP contribution < -0.4 is 4.73 Å². The third-order valence-corrected chi connectivity index (χ3v) is 3.10. The summed E-state index contributed by atoms with van der Waals surface area (Å²) >= 11 is 11.9. The first kappa shape index (κ1) is 13.1. The van der Waals surface area contributed by atoms with Crippen molar-refractivity contribution in [1.29, 1.82) is 0 Å². The van der Waals surface area contributed by atoms with Gasteiger partial charge in [0.15, 0.2) is 18.7 Å². The molecular formula is C12H9Cl2NO3. The van der Waals surface area contributed by atoms with Crippen LogP contribution in [0.5, 0.6) is 0 Å². The molecule has 1 heterocycles. The van der Waals surface area contributed by atoms with Crippen molar-refractivity contribution in [3.8, 4) is 11.1 Å². The summed E-state index contributed by atoms with van der Waals surface area (Å²) in [7, 11) is 0. The molecule has 0 saturated carbocycles. The standard InChI is InChI=1S/C12H9Cl2NO3/c13-9-5-8(6-10(14)11(9)12(16)17)7-1-3-15(18)4-2-7/h1-6,12,16-17H. The number of rotatable bonds is 2. The Kier molecular flexibility index (Phi) is 3.73. The lowest BCUT2D eigenvalue weighted by molar-refractivity contribution is -0.605. The lowest BCUT2D eigenvalue weighted by atomic mass is 10.0. The number of aromatic nitrogens is 1. The van der Waals surface area contributed by atoms with E-state index in [0.717, 1.165) is 5.56 Å². The Morgan fingerprint density at radius 1 is 1.00 bits per heavy atom. The minimum absolute atomic E-state index is 0.0666. The zero-order valence-corrected chi connectivity index (χ0v) is 10.6. The number of pyridine rings is 1. The summed E-state index contributed by atoms with van der Waals surface area (Å²) in [6.45, 7) is 0. The highest BCUT2D eigenvalue weighted by atomic mass is 35.5.